The van der Waals surface area contributed by atoms with Gasteiger partial charge >= 0.3 is 0 Å². The molecule has 0 unspecified atom stereocenters. The number of morpholine rings is 1. The van der Waals surface area contributed by atoms with Crippen molar-refractivity contribution in [2.24, 2.45) is 5.10 Å². The average Bonchev–Trinajstić information content (AvgIpc) is 2.74. The van der Waals surface area contributed by atoms with Crippen molar-refractivity contribution in [2.75, 3.05) is 31.7 Å². The topological polar surface area (TPSA) is 114 Å². The van der Waals surface area contributed by atoms with Crippen LogP contribution in [-0.4, -0.2) is 49.7 Å². The van der Waals surface area contributed by atoms with E-state index in [1.807, 2.05) is 0 Å². The maximum Gasteiger partial charge on any atom is 0.295 e. The third-order valence-corrected chi connectivity index (χ3v) is 7.09. The van der Waals surface area contributed by atoms with E-state index in [2.05, 4.69) is 10.5 Å². The highest BCUT2D eigenvalue weighted by molar-refractivity contribution is 7.89. The first-order valence-corrected chi connectivity index (χ1v) is 11.0. The highest BCUT2D eigenvalue weighted by atomic mass is 35.5. The number of nitro groups is 1. The average molecular weight is 473 g/mol. The normalized spacial score (nSPS) is 15.8. The van der Waals surface area contributed by atoms with Gasteiger partial charge in [0, 0.05) is 19.2 Å². The second kappa shape index (κ2) is 9.27. The summed E-state index contributed by atoms with van der Waals surface area (Å²) in [6.07, 6.45) is 0. The van der Waals surface area contributed by atoms with Crippen molar-refractivity contribution in [1.29, 1.82) is 0 Å². The molecule has 2 aromatic carbocycles. The van der Waals surface area contributed by atoms with Gasteiger partial charge in [-0.15, -0.1) is 0 Å². The molecule has 1 heterocycles. The van der Waals surface area contributed by atoms with E-state index in [0.717, 1.165) is 6.07 Å². The number of hydrazone groups is 1. The summed E-state index contributed by atoms with van der Waals surface area (Å²) in [6, 6.07) is 8.60. The summed E-state index contributed by atoms with van der Waals surface area (Å²) < 4.78 is 31.9. The highest BCUT2D eigenvalue weighted by Crippen LogP contribution is 2.29. The van der Waals surface area contributed by atoms with Crippen LogP contribution >= 0.6 is 23.2 Å². The highest BCUT2D eigenvalue weighted by Gasteiger charge is 2.28. The Morgan fingerprint density at radius 2 is 1.87 bits per heavy atom. The molecule has 0 aromatic heterocycles. The number of hydrogen-bond donors (Lipinski definition) is 1. The predicted molar refractivity (Wildman–Crippen MR) is 115 cm³/mol. The molecule has 2 aromatic rings. The van der Waals surface area contributed by atoms with Crippen LogP contribution in [0.4, 0.5) is 11.4 Å². The van der Waals surface area contributed by atoms with Gasteiger partial charge in [-0.3, -0.25) is 15.5 Å². The Balaban J connectivity index is 1.88. The number of anilines is 1. The first kappa shape index (κ1) is 22.4. The van der Waals surface area contributed by atoms with Crippen LogP contribution in [0, 0.1) is 10.1 Å². The lowest BCUT2D eigenvalue weighted by molar-refractivity contribution is -0.384. The number of halogens is 2. The number of nitrogens with one attached hydrogen (secondary N) is 1. The smallest absolute Gasteiger partial charge is 0.295 e. The summed E-state index contributed by atoms with van der Waals surface area (Å²) >= 11 is 11.9. The molecule has 1 fully saturated rings. The van der Waals surface area contributed by atoms with Crippen LogP contribution in [0.15, 0.2) is 46.4 Å². The lowest BCUT2D eigenvalue weighted by atomic mass is 10.1. The number of rotatable bonds is 6. The summed E-state index contributed by atoms with van der Waals surface area (Å²) in [6.45, 7) is 2.65. The first-order chi connectivity index (χ1) is 14.2. The number of sulfonamides is 1. The monoisotopic (exact) mass is 472 g/mol. The number of hydrogen-bond acceptors (Lipinski definition) is 7. The summed E-state index contributed by atoms with van der Waals surface area (Å²) in [5.74, 6) is 0. The van der Waals surface area contributed by atoms with Crippen molar-refractivity contribution in [3.05, 3.63) is 62.1 Å². The van der Waals surface area contributed by atoms with Crippen LogP contribution in [0.1, 0.15) is 12.5 Å². The molecule has 0 bridgehead atoms. The third-order valence-electron chi connectivity index (χ3n) is 4.46. The molecule has 9 nitrogen and oxygen atoms in total. The molecule has 1 saturated heterocycles. The zero-order valence-corrected chi connectivity index (χ0v) is 18.2. The molecule has 1 N–H and O–H groups in total. The molecule has 12 heteroatoms. The van der Waals surface area contributed by atoms with Gasteiger partial charge in [-0.1, -0.05) is 29.3 Å². The SMILES string of the molecule is C/C(=N\Nc1ccc(S(=O)(=O)N2CCOCC2)cc1[N+](=O)[O-])c1ccc(Cl)c(Cl)c1. The van der Waals surface area contributed by atoms with Crippen LogP contribution in [0.2, 0.25) is 10.0 Å². The fourth-order valence-corrected chi connectivity index (χ4v) is 4.51. The molecule has 0 saturated carbocycles. The van der Waals surface area contributed by atoms with Gasteiger partial charge < -0.3 is 4.74 Å². The van der Waals surface area contributed by atoms with Crippen LogP contribution in [0.3, 0.4) is 0 Å². The minimum absolute atomic E-state index is 0.0559. The maximum atomic E-state index is 12.8. The number of ether oxygens (including phenoxy) is 1. The predicted octanol–water partition coefficient (Wildman–Crippen LogP) is 3.76. The molecule has 0 amide bonds. The van der Waals surface area contributed by atoms with Gasteiger partial charge in [-0.2, -0.15) is 9.41 Å². The quantitative estimate of drug-likeness (QED) is 0.388. The first-order valence-electron chi connectivity index (χ1n) is 8.82. The van der Waals surface area contributed by atoms with E-state index in [1.54, 1.807) is 25.1 Å². The second-order valence-corrected chi connectivity index (χ2v) is 9.14. The van der Waals surface area contributed by atoms with E-state index in [1.165, 1.54) is 16.4 Å². The number of benzene rings is 2. The molecule has 0 atom stereocenters. The molecule has 0 spiro atoms. The van der Waals surface area contributed by atoms with Gasteiger partial charge in [0.2, 0.25) is 10.0 Å². The Morgan fingerprint density at radius 1 is 1.17 bits per heavy atom. The van der Waals surface area contributed by atoms with Gasteiger partial charge in [-0.25, -0.2) is 8.42 Å². The lowest BCUT2D eigenvalue weighted by Crippen LogP contribution is -2.40. The fraction of sp³-hybridized carbons (Fsp3) is 0.278. The van der Waals surface area contributed by atoms with Gasteiger partial charge in [0.25, 0.3) is 5.69 Å². The van der Waals surface area contributed by atoms with Crippen molar-refractivity contribution in [3.63, 3.8) is 0 Å². The molecule has 0 radical (unpaired) electrons. The van der Waals surface area contributed by atoms with Gasteiger partial charge in [-0.05, 0) is 36.8 Å². The molecule has 3 rings (SSSR count). The van der Waals surface area contributed by atoms with Crippen molar-refractivity contribution >= 4 is 50.3 Å². The Labute approximate surface area is 183 Å². The summed E-state index contributed by atoms with van der Waals surface area (Å²) in [7, 11) is -3.86. The van der Waals surface area contributed by atoms with E-state index in [9.17, 15) is 18.5 Å². The lowest BCUT2D eigenvalue weighted by Gasteiger charge is -2.26. The molecular weight excluding hydrogens is 455 g/mol. The minimum atomic E-state index is -3.86. The van der Waals surface area contributed by atoms with E-state index >= 15 is 0 Å². The molecule has 160 valence electrons. The van der Waals surface area contributed by atoms with Gasteiger partial charge in [0.1, 0.15) is 5.69 Å². The third kappa shape index (κ3) is 4.90. The molecule has 30 heavy (non-hydrogen) atoms. The Hall–Kier alpha value is -2.24. The summed E-state index contributed by atoms with van der Waals surface area (Å²) in [4.78, 5) is 10.7. The van der Waals surface area contributed by atoms with E-state index in [4.69, 9.17) is 27.9 Å². The molecular formula is C18H18Cl2N4O5S. The van der Waals surface area contributed by atoms with Crippen molar-refractivity contribution < 1.29 is 18.1 Å². The van der Waals surface area contributed by atoms with Crippen molar-refractivity contribution in [2.45, 2.75) is 11.8 Å². The van der Waals surface area contributed by atoms with E-state index in [-0.39, 0.29) is 36.9 Å². The maximum absolute atomic E-state index is 12.8. The van der Waals surface area contributed by atoms with Crippen LogP contribution < -0.4 is 5.43 Å². The number of nitrogens with zero attached hydrogens (tertiary/aromatic N) is 3. The van der Waals surface area contributed by atoms with Crippen molar-refractivity contribution in [1.82, 2.24) is 4.31 Å². The Morgan fingerprint density at radius 3 is 2.50 bits per heavy atom. The second-order valence-electron chi connectivity index (χ2n) is 6.39. The Bertz CT molecular complexity index is 1100. The van der Waals surface area contributed by atoms with Gasteiger partial charge in [0.05, 0.1) is 38.8 Å². The zero-order valence-electron chi connectivity index (χ0n) is 15.8. The minimum Gasteiger partial charge on any atom is -0.379 e. The fourth-order valence-electron chi connectivity index (χ4n) is 2.78. The van der Waals surface area contributed by atoms with Crippen LogP contribution in [-0.2, 0) is 14.8 Å². The Kier molecular flexibility index (Phi) is 6.94. The van der Waals surface area contributed by atoms with E-state index < -0.39 is 20.6 Å². The van der Waals surface area contributed by atoms with Crippen molar-refractivity contribution in [3.8, 4) is 0 Å². The summed E-state index contributed by atoms with van der Waals surface area (Å²) in [5, 5.41) is 16.4. The van der Waals surface area contributed by atoms with Gasteiger partial charge in [0.15, 0.2) is 0 Å². The standard InChI is InChI=1S/C18H18Cl2N4O5S/c1-12(13-2-4-15(19)16(20)10-13)21-22-17-5-3-14(11-18(17)24(25)26)30(27,28)23-6-8-29-9-7-23/h2-5,10-11,22H,6-9H2,1H3/b21-12+. The number of nitro benzene ring substituents is 1. The summed E-state index contributed by atoms with van der Waals surface area (Å²) in [5.41, 5.74) is 3.45. The zero-order chi connectivity index (χ0) is 21.9. The largest absolute Gasteiger partial charge is 0.379 e. The molecule has 0 aliphatic carbocycles. The van der Waals surface area contributed by atoms with Crippen LogP contribution in [0.5, 0.6) is 0 Å². The van der Waals surface area contributed by atoms with Crippen LogP contribution in [0.25, 0.3) is 0 Å². The van der Waals surface area contributed by atoms with E-state index in [0.29, 0.717) is 21.3 Å². The molecule has 1 aliphatic heterocycles. The molecule has 1 aliphatic rings.